The van der Waals surface area contributed by atoms with Crippen molar-refractivity contribution < 1.29 is 14.7 Å². The van der Waals surface area contributed by atoms with Crippen molar-refractivity contribution in [2.24, 2.45) is 5.92 Å². The van der Waals surface area contributed by atoms with Gasteiger partial charge in [0, 0.05) is 17.4 Å². The average Bonchev–Trinajstić information content (AvgIpc) is 2.36. The van der Waals surface area contributed by atoms with Crippen LogP contribution in [0.1, 0.15) is 42.1 Å². The highest BCUT2D eigenvalue weighted by atomic mass is 79.9. The Balaban J connectivity index is 2.38. The van der Waals surface area contributed by atoms with Crippen LogP contribution in [0.15, 0.2) is 22.7 Å². The highest BCUT2D eigenvalue weighted by Gasteiger charge is 2.10. The Bertz CT molecular complexity index is 488. The number of carboxylic acids is 1. The number of hydrogen-bond acceptors (Lipinski definition) is 2. The molecule has 2 N–H and O–H groups in total. The summed E-state index contributed by atoms with van der Waals surface area (Å²) in [4.78, 5) is 22.4. The second-order valence-corrected chi connectivity index (χ2v) is 5.92. The molecule has 0 bridgehead atoms. The molecule has 0 aliphatic carbocycles. The maximum atomic E-state index is 12.0. The van der Waals surface area contributed by atoms with Crippen LogP contribution >= 0.6 is 15.9 Å². The van der Waals surface area contributed by atoms with Gasteiger partial charge < -0.3 is 10.4 Å². The van der Waals surface area contributed by atoms with Crippen LogP contribution in [0, 0.1) is 12.8 Å². The second kappa shape index (κ2) is 8.04. The first-order chi connectivity index (χ1) is 9.40. The van der Waals surface area contributed by atoms with Gasteiger partial charge in [0.05, 0.1) is 5.56 Å². The van der Waals surface area contributed by atoms with Crippen molar-refractivity contribution in [1.29, 1.82) is 0 Å². The van der Waals surface area contributed by atoms with Crippen LogP contribution in [0.3, 0.4) is 0 Å². The van der Waals surface area contributed by atoms with Gasteiger partial charge in [0.2, 0.25) is 0 Å². The van der Waals surface area contributed by atoms with Crippen LogP contribution in [0.4, 0.5) is 0 Å². The predicted octanol–water partition coefficient (Wildman–Crippen LogP) is 3.38. The van der Waals surface area contributed by atoms with Crippen molar-refractivity contribution in [1.82, 2.24) is 5.32 Å². The first-order valence-electron chi connectivity index (χ1n) is 6.66. The topological polar surface area (TPSA) is 66.4 Å². The van der Waals surface area contributed by atoms with Crippen LogP contribution in [0.2, 0.25) is 0 Å². The minimum absolute atomic E-state index is 0.109. The summed E-state index contributed by atoms with van der Waals surface area (Å²) in [5.74, 6) is -0.598. The first-order valence-corrected chi connectivity index (χ1v) is 7.45. The SMILES string of the molecule is Cc1ccc(C(=O)NCCC(C)CCC(=O)O)c(Br)c1. The van der Waals surface area contributed by atoms with Gasteiger partial charge in [-0.15, -0.1) is 0 Å². The molecule has 1 rings (SSSR count). The van der Waals surface area contributed by atoms with Gasteiger partial charge in [-0.3, -0.25) is 9.59 Å². The molecule has 0 radical (unpaired) electrons. The average molecular weight is 342 g/mol. The maximum absolute atomic E-state index is 12.0. The van der Waals surface area contributed by atoms with Gasteiger partial charge >= 0.3 is 5.97 Å². The van der Waals surface area contributed by atoms with Crippen LogP contribution in [-0.2, 0) is 4.79 Å². The molecule has 4 nitrogen and oxygen atoms in total. The molecule has 0 aliphatic heterocycles. The molecule has 0 aromatic heterocycles. The number of benzene rings is 1. The Morgan fingerprint density at radius 3 is 2.65 bits per heavy atom. The fourth-order valence-electron chi connectivity index (χ4n) is 1.85. The molecule has 0 saturated heterocycles. The third kappa shape index (κ3) is 5.74. The smallest absolute Gasteiger partial charge is 0.303 e. The number of nitrogens with one attached hydrogen (secondary N) is 1. The quantitative estimate of drug-likeness (QED) is 0.798. The van der Waals surface area contributed by atoms with E-state index in [0.717, 1.165) is 16.5 Å². The molecule has 5 heteroatoms. The minimum atomic E-state index is -0.774. The van der Waals surface area contributed by atoms with Gasteiger partial charge in [-0.2, -0.15) is 0 Å². The van der Waals surface area contributed by atoms with Crippen molar-refractivity contribution in [2.45, 2.75) is 33.1 Å². The van der Waals surface area contributed by atoms with E-state index in [1.807, 2.05) is 26.0 Å². The first kappa shape index (κ1) is 16.7. The molecule has 0 fully saturated rings. The molecule has 0 aliphatic rings. The molecule has 1 amide bonds. The second-order valence-electron chi connectivity index (χ2n) is 5.07. The minimum Gasteiger partial charge on any atom is -0.481 e. The van der Waals surface area contributed by atoms with Crippen molar-refractivity contribution in [2.75, 3.05) is 6.54 Å². The standard InChI is InChI=1S/C15H20BrNO3/c1-10(4-6-14(18)19)7-8-17-15(20)12-5-3-11(2)9-13(12)16/h3,5,9-10H,4,6-8H2,1-2H3,(H,17,20)(H,18,19). The predicted molar refractivity (Wildman–Crippen MR) is 81.9 cm³/mol. The Morgan fingerprint density at radius 1 is 1.35 bits per heavy atom. The Labute approximate surface area is 127 Å². The van der Waals surface area contributed by atoms with Crippen molar-refractivity contribution in [3.63, 3.8) is 0 Å². The van der Waals surface area contributed by atoms with E-state index in [9.17, 15) is 9.59 Å². The number of hydrogen-bond donors (Lipinski definition) is 2. The van der Waals surface area contributed by atoms with Crippen LogP contribution in [0.5, 0.6) is 0 Å². The summed E-state index contributed by atoms with van der Waals surface area (Å²) >= 11 is 3.38. The van der Waals surface area contributed by atoms with Crippen molar-refractivity contribution >= 4 is 27.8 Å². The van der Waals surface area contributed by atoms with Crippen LogP contribution in [-0.4, -0.2) is 23.5 Å². The van der Waals surface area contributed by atoms with E-state index >= 15 is 0 Å². The Hall–Kier alpha value is -1.36. The number of carbonyl (C=O) groups is 2. The Morgan fingerprint density at radius 2 is 2.05 bits per heavy atom. The zero-order chi connectivity index (χ0) is 15.1. The van der Waals surface area contributed by atoms with E-state index in [2.05, 4.69) is 21.2 Å². The molecule has 1 aromatic carbocycles. The molecule has 1 unspecified atom stereocenters. The maximum Gasteiger partial charge on any atom is 0.303 e. The monoisotopic (exact) mass is 341 g/mol. The highest BCUT2D eigenvalue weighted by molar-refractivity contribution is 9.10. The molecule has 1 atom stereocenters. The summed E-state index contributed by atoms with van der Waals surface area (Å²) in [6, 6.07) is 5.60. The molecule has 110 valence electrons. The normalized spacial score (nSPS) is 11.9. The third-order valence-corrected chi connectivity index (χ3v) is 3.80. The number of aryl methyl sites for hydroxylation is 1. The fraction of sp³-hybridized carbons (Fsp3) is 0.467. The summed E-state index contributed by atoms with van der Waals surface area (Å²) in [7, 11) is 0. The molecule has 1 aromatic rings. The van der Waals surface area contributed by atoms with E-state index in [0.29, 0.717) is 18.5 Å². The number of aliphatic carboxylic acids is 1. The van der Waals surface area contributed by atoms with Crippen LogP contribution in [0.25, 0.3) is 0 Å². The number of rotatable bonds is 7. The number of amides is 1. The largest absolute Gasteiger partial charge is 0.481 e. The van der Waals surface area contributed by atoms with E-state index in [1.54, 1.807) is 6.07 Å². The number of carboxylic acid groups (broad SMARTS) is 1. The number of carbonyl (C=O) groups excluding carboxylic acids is 1. The van der Waals surface area contributed by atoms with Gasteiger partial charge in [0.25, 0.3) is 5.91 Å². The molecule has 0 spiro atoms. The molecule has 0 heterocycles. The number of halogens is 1. The van der Waals surface area contributed by atoms with Gasteiger partial charge in [-0.05, 0) is 59.3 Å². The summed E-state index contributed by atoms with van der Waals surface area (Å²) in [5.41, 5.74) is 1.71. The molecule has 0 saturated carbocycles. The lowest BCUT2D eigenvalue weighted by Gasteiger charge is -2.11. The zero-order valence-electron chi connectivity index (χ0n) is 11.8. The fourth-order valence-corrected chi connectivity index (χ4v) is 2.52. The van der Waals surface area contributed by atoms with Gasteiger partial charge in [-0.1, -0.05) is 13.0 Å². The lowest BCUT2D eigenvalue weighted by atomic mass is 10.0. The molecular weight excluding hydrogens is 322 g/mol. The lowest BCUT2D eigenvalue weighted by Crippen LogP contribution is -2.26. The van der Waals surface area contributed by atoms with Crippen molar-refractivity contribution in [3.8, 4) is 0 Å². The van der Waals surface area contributed by atoms with Gasteiger partial charge in [0.1, 0.15) is 0 Å². The van der Waals surface area contributed by atoms with E-state index in [1.165, 1.54) is 0 Å². The summed E-state index contributed by atoms with van der Waals surface area (Å²) in [6.45, 7) is 4.52. The van der Waals surface area contributed by atoms with Crippen molar-refractivity contribution in [3.05, 3.63) is 33.8 Å². The highest BCUT2D eigenvalue weighted by Crippen LogP contribution is 2.18. The van der Waals surface area contributed by atoms with Gasteiger partial charge in [-0.25, -0.2) is 0 Å². The summed E-state index contributed by atoms with van der Waals surface area (Å²) in [6.07, 6.45) is 1.60. The molecule has 20 heavy (non-hydrogen) atoms. The molecular formula is C15H20BrNO3. The lowest BCUT2D eigenvalue weighted by molar-refractivity contribution is -0.137. The Kier molecular flexibility index (Phi) is 6.71. The third-order valence-electron chi connectivity index (χ3n) is 3.14. The van der Waals surface area contributed by atoms with Crippen LogP contribution < -0.4 is 5.32 Å². The van der Waals surface area contributed by atoms with Gasteiger partial charge in [0.15, 0.2) is 0 Å². The van der Waals surface area contributed by atoms with E-state index < -0.39 is 5.97 Å². The zero-order valence-corrected chi connectivity index (χ0v) is 13.4. The summed E-state index contributed by atoms with van der Waals surface area (Å²) in [5, 5.41) is 11.5. The van der Waals surface area contributed by atoms with E-state index in [-0.39, 0.29) is 18.2 Å². The summed E-state index contributed by atoms with van der Waals surface area (Å²) < 4.78 is 0.786. The van der Waals surface area contributed by atoms with E-state index in [4.69, 9.17) is 5.11 Å².